The zero-order valence-corrected chi connectivity index (χ0v) is 25.1. The van der Waals surface area contributed by atoms with E-state index in [0.717, 1.165) is 31.6 Å². The molecule has 3 rings (SSSR count). The van der Waals surface area contributed by atoms with E-state index < -0.39 is 6.10 Å². The summed E-state index contributed by atoms with van der Waals surface area (Å²) in [6, 6.07) is 10.0. The first-order valence-corrected chi connectivity index (χ1v) is 14.1. The number of likely N-dealkylation sites (N-methyl/N-ethyl adjacent to an activating group) is 1. The topological polar surface area (TPSA) is 185 Å². The van der Waals surface area contributed by atoms with Gasteiger partial charge in [-0.05, 0) is 37.3 Å². The number of carbonyl (C=O) groups excluding carboxylic acids is 4. The van der Waals surface area contributed by atoms with Crippen LogP contribution in [0.3, 0.4) is 0 Å². The summed E-state index contributed by atoms with van der Waals surface area (Å²) in [5.41, 5.74) is 10.7. The molecule has 0 spiro atoms. The van der Waals surface area contributed by atoms with E-state index >= 15 is 0 Å². The Labute approximate surface area is 241 Å². The normalized spacial score (nSPS) is 17.1. The van der Waals surface area contributed by atoms with Crippen molar-refractivity contribution < 1.29 is 29.4 Å². The monoisotopic (exact) mass is 568 g/mol. The average molecular weight is 569 g/mol. The van der Waals surface area contributed by atoms with Crippen LogP contribution in [-0.2, 0) is 25.7 Å². The predicted molar refractivity (Wildman–Crippen MR) is 161 cm³/mol. The van der Waals surface area contributed by atoms with Crippen LogP contribution in [0.5, 0.6) is 0 Å². The molecule has 2 fully saturated rings. The molecule has 2 amide bonds. The zero-order chi connectivity index (χ0) is 31.2. The van der Waals surface area contributed by atoms with Crippen LogP contribution in [-0.4, -0.2) is 68.0 Å². The number of nitrogens with two attached hydrogens (primary N) is 2. The Hall–Kier alpha value is -2.66. The first kappa shape index (κ1) is 41.8. The number of primary amides is 1. The molecule has 0 aromatic heterocycles. The molecule has 0 bridgehead atoms. The van der Waals surface area contributed by atoms with Gasteiger partial charge < -0.3 is 41.9 Å². The first-order valence-electron chi connectivity index (χ1n) is 14.1. The quantitative estimate of drug-likeness (QED) is 0.258. The van der Waals surface area contributed by atoms with Gasteiger partial charge in [0.1, 0.15) is 13.1 Å². The minimum Gasteiger partial charge on any atom is -0.395 e. The van der Waals surface area contributed by atoms with E-state index in [9.17, 15) is 9.59 Å². The fraction of sp³-hybridized carbons (Fsp3) is 0.667. The Kier molecular flexibility index (Phi) is 32.3. The lowest BCUT2D eigenvalue weighted by Crippen LogP contribution is -2.33. The van der Waals surface area contributed by atoms with Gasteiger partial charge in [-0.25, -0.2) is 0 Å². The number of aliphatic hydroxyl groups excluding tert-OH is 2. The Morgan fingerprint density at radius 1 is 1.10 bits per heavy atom. The number of hydrogen-bond acceptors (Lipinski definition) is 8. The maximum absolute atomic E-state index is 11.1. The molecule has 1 saturated heterocycles. The molecule has 232 valence electrons. The second kappa shape index (κ2) is 30.9. The van der Waals surface area contributed by atoms with Crippen LogP contribution in [0.1, 0.15) is 77.7 Å². The number of amides is 2. The standard InChI is InChI=1S/C8H16N2O2.C7H9N.C7H14.C6H12O2.CH3NO.CH2O/c1-9-7(5-11)4-6-2-3-10-8(6)12;8-6-7-4-2-1-3-5-7;1-7-5-3-2-4-6-7;1-5(2)6(8)3-4-7;2-1-3;1-2/h6-7,9,11H,2-5H2,1H3,(H,10,12);1-5H,6,8H2;7H,2-6H2,1H3;4-6,8H,3H2,1-2H3;1H,(H2,2,3);1H2. The van der Waals surface area contributed by atoms with E-state index in [1.807, 2.05) is 51.0 Å². The molecule has 40 heavy (non-hydrogen) atoms. The van der Waals surface area contributed by atoms with Crippen molar-refractivity contribution in [3.8, 4) is 0 Å². The molecule has 1 aliphatic heterocycles. The van der Waals surface area contributed by atoms with Crippen molar-refractivity contribution >= 4 is 25.4 Å². The van der Waals surface area contributed by atoms with Gasteiger partial charge in [0.05, 0.1) is 12.7 Å². The van der Waals surface area contributed by atoms with Crippen molar-refractivity contribution in [3.63, 3.8) is 0 Å². The fourth-order valence-corrected chi connectivity index (χ4v) is 3.79. The third kappa shape index (κ3) is 25.6. The summed E-state index contributed by atoms with van der Waals surface area (Å²) in [7, 11) is 1.80. The zero-order valence-electron chi connectivity index (χ0n) is 25.1. The molecule has 3 unspecified atom stereocenters. The first-order chi connectivity index (χ1) is 19.2. The van der Waals surface area contributed by atoms with Crippen molar-refractivity contribution in [2.75, 3.05) is 20.2 Å². The average Bonchev–Trinajstić information content (AvgIpc) is 3.39. The van der Waals surface area contributed by atoms with E-state index in [1.54, 1.807) is 7.05 Å². The smallest absolute Gasteiger partial charge is 0.223 e. The third-order valence-electron chi connectivity index (χ3n) is 6.44. The van der Waals surface area contributed by atoms with Gasteiger partial charge in [-0.1, -0.05) is 83.2 Å². The highest BCUT2D eigenvalue weighted by Gasteiger charge is 2.26. The Balaban J connectivity index is -0.000000440. The molecule has 1 aromatic rings. The lowest BCUT2D eigenvalue weighted by molar-refractivity contribution is -0.122. The third-order valence-corrected chi connectivity index (χ3v) is 6.44. The van der Waals surface area contributed by atoms with Crippen LogP contribution in [0.25, 0.3) is 0 Å². The van der Waals surface area contributed by atoms with Gasteiger partial charge in [-0.3, -0.25) is 9.59 Å². The maximum Gasteiger partial charge on any atom is 0.223 e. The largest absolute Gasteiger partial charge is 0.395 e. The van der Waals surface area contributed by atoms with Crippen molar-refractivity contribution in [2.24, 2.45) is 29.2 Å². The number of nitrogens with one attached hydrogen (secondary N) is 2. The number of carbonyl (C=O) groups is 4. The van der Waals surface area contributed by atoms with Gasteiger partial charge in [0.2, 0.25) is 12.3 Å². The van der Waals surface area contributed by atoms with Crippen LogP contribution in [0.15, 0.2) is 30.3 Å². The summed E-state index contributed by atoms with van der Waals surface area (Å²) < 4.78 is 0. The highest BCUT2D eigenvalue weighted by atomic mass is 16.3. The van der Waals surface area contributed by atoms with Gasteiger partial charge in [0, 0.05) is 31.5 Å². The van der Waals surface area contributed by atoms with E-state index in [1.165, 1.54) is 37.7 Å². The summed E-state index contributed by atoms with van der Waals surface area (Å²) in [4.78, 5) is 37.5. The number of benzene rings is 1. The maximum atomic E-state index is 11.1. The summed E-state index contributed by atoms with van der Waals surface area (Å²) in [5, 5.41) is 23.5. The highest BCUT2D eigenvalue weighted by Crippen LogP contribution is 2.22. The van der Waals surface area contributed by atoms with Gasteiger partial charge in [0.15, 0.2) is 0 Å². The Morgan fingerprint density at radius 2 is 1.65 bits per heavy atom. The van der Waals surface area contributed by atoms with Crippen LogP contribution in [0, 0.1) is 17.8 Å². The van der Waals surface area contributed by atoms with E-state index in [0.29, 0.717) is 6.54 Å². The lowest BCUT2D eigenvalue weighted by atomic mass is 9.91. The summed E-state index contributed by atoms with van der Waals surface area (Å²) >= 11 is 0. The van der Waals surface area contributed by atoms with Crippen molar-refractivity contribution in [1.82, 2.24) is 10.6 Å². The van der Waals surface area contributed by atoms with Gasteiger partial charge in [-0.15, -0.1) is 0 Å². The minimum absolute atomic E-state index is 0.0545. The van der Waals surface area contributed by atoms with E-state index in [-0.39, 0.29) is 43.2 Å². The molecular weight excluding hydrogens is 512 g/mol. The molecule has 10 nitrogen and oxygen atoms in total. The molecule has 1 aliphatic carbocycles. The molecule has 8 N–H and O–H groups in total. The SMILES string of the molecule is C=O.CC(C)C(O)CC=O.CC1CCCCC1.CNC(CO)CC1CCNC1=O.NC=O.NCc1ccccc1. The van der Waals surface area contributed by atoms with Gasteiger partial charge in [0.25, 0.3) is 0 Å². The minimum atomic E-state index is -0.451. The Morgan fingerprint density at radius 3 is 1.93 bits per heavy atom. The molecule has 1 saturated carbocycles. The number of rotatable bonds is 8. The molecule has 1 heterocycles. The molecule has 10 heteroatoms. The van der Waals surface area contributed by atoms with Crippen molar-refractivity contribution in [2.45, 2.75) is 90.8 Å². The number of hydrogen-bond donors (Lipinski definition) is 6. The molecule has 1 aromatic carbocycles. The highest BCUT2D eigenvalue weighted by molar-refractivity contribution is 5.80. The molecular formula is C30H56N4O6. The van der Waals surface area contributed by atoms with Crippen molar-refractivity contribution in [1.29, 1.82) is 0 Å². The van der Waals surface area contributed by atoms with Crippen molar-refractivity contribution in [3.05, 3.63) is 35.9 Å². The summed E-state index contributed by atoms with van der Waals surface area (Å²) in [6.45, 7) is 9.65. The van der Waals surface area contributed by atoms with E-state index in [4.69, 9.17) is 25.5 Å². The van der Waals surface area contributed by atoms with Crippen LogP contribution in [0.2, 0.25) is 0 Å². The lowest BCUT2D eigenvalue weighted by Gasteiger charge is -2.15. The van der Waals surface area contributed by atoms with Crippen LogP contribution < -0.4 is 22.1 Å². The fourth-order valence-electron chi connectivity index (χ4n) is 3.79. The summed E-state index contributed by atoms with van der Waals surface area (Å²) in [6.07, 6.45) is 9.87. The number of aldehydes is 1. The predicted octanol–water partition coefficient (Wildman–Crippen LogP) is 2.33. The second-order valence-corrected chi connectivity index (χ2v) is 9.96. The Bertz CT molecular complexity index is 699. The molecule has 2 aliphatic rings. The van der Waals surface area contributed by atoms with Gasteiger partial charge >= 0.3 is 0 Å². The summed E-state index contributed by atoms with van der Waals surface area (Å²) in [5.74, 6) is 1.45. The molecule has 0 radical (unpaired) electrons. The van der Waals surface area contributed by atoms with E-state index in [2.05, 4.69) is 23.3 Å². The molecule has 3 atom stereocenters. The second-order valence-electron chi connectivity index (χ2n) is 9.96. The van der Waals surface area contributed by atoms with Crippen LogP contribution >= 0.6 is 0 Å². The van der Waals surface area contributed by atoms with Crippen LogP contribution in [0.4, 0.5) is 0 Å². The number of aliphatic hydroxyl groups is 2. The van der Waals surface area contributed by atoms with Gasteiger partial charge in [-0.2, -0.15) is 0 Å².